The Labute approximate surface area is 128 Å². The van der Waals surface area contributed by atoms with Crippen molar-refractivity contribution in [3.63, 3.8) is 0 Å². The average Bonchev–Trinajstić information content (AvgIpc) is 2.74. The molecule has 0 saturated carbocycles. The first-order valence-electron chi connectivity index (χ1n) is 7.97. The van der Waals surface area contributed by atoms with Crippen molar-refractivity contribution in [2.24, 2.45) is 7.05 Å². The molecule has 0 spiro atoms. The standard InChI is InChI=1S/C18H27N3/c1-5-8-14(9-6-2)17-16(18(19)21(4)20-17)15-11-7-10-13(3)12-15/h7,10-12,14H,5-6,8-9,19H2,1-4H3. The van der Waals surface area contributed by atoms with E-state index in [4.69, 9.17) is 10.8 Å². The maximum atomic E-state index is 6.32. The van der Waals surface area contributed by atoms with Crippen LogP contribution in [0.4, 0.5) is 5.82 Å². The molecule has 21 heavy (non-hydrogen) atoms. The minimum Gasteiger partial charge on any atom is -0.383 e. The van der Waals surface area contributed by atoms with Crippen molar-refractivity contribution in [2.45, 2.75) is 52.4 Å². The predicted molar refractivity (Wildman–Crippen MR) is 90.4 cm³/mol. The Balaban J connectivity index is 2.54. The summed E-state index contributed by atoms with van der Waals surface area (Å²) >= 11 is 0. The van der Waals surface area contributed by atoms with Gasteiger partial charge in [0.1, 0.15) is 5.82 Å². The van der Waals surface area contributed by atoms with Gasteiger partial charge in [-0.25, -0.2) is 0 Å². The number of nitrogens with two attached hydrogens (primary N) is 1. The lowest BCUT2D eigenvalue weighted by molar-refractivity contribution is 0.540. The Morgan fingerprint density at radius 2 is 1.86 bits per heavy atom. The van der Waals surface area contributed by atoms with Crippen LogP contribution < -0.4 is 5.73 Å². The molecule has 0 amide bonds. The first-order valence-corrected chi connectivity index (χ1v) is 7.97. The van der Waals surface area contributed by atoms with Gasteiger partial charge in [-0.2, -0.15) is 5.10 Å². The zero-order valence-corrected chi connectivity index (χ0v) is 13.7. The normalized spacial score (nSPS) is 11.3. The summed E-state index contributed by atoms with van der Waals surface area (Å²) in [6.07, 6.45) is 4.69. The third kappa shape index (κ3) is 3.29. The van der Waals surface area contributed by atoms with Crippen LogP contribution in [0, 0.1) is 6.92 Å². The van der Waals surface area contributed by atoms with Crippen molar-refractivity contribution in [3.8, 4) is 11.1 Å². The highest BCUT2D eigenvalue weighted by Gasteiger charge is 2.22. The molecule has 0 aliphatic carbocycles. The van der Waals surface area contributed by atoms with E-state index >= 15 is 0 Å². The number of hydrogen-bond acceptors (Lipinski definition) is 2. The third-order valence-electron chi connectivity index (χ3n) is 4.09. The van der Waals surface area contributed by atoms with E-state index in [1.807, 2.05) is 11.7 Å². The summed E-state index contributed by atoms with van der Waals surface area (Å²) in [6.45, 7) is 6.59. The molecule has 1 aromatic heterocycles. The first-order chi connectivity index (χ1) is 10.1. The van der Waals surface area contributed by atoms with Crippen LogP contribution >= 0.6 is 0 Å². The zero-order chi connectivity index (χ0) is 15.4. The van der Waals surface area contributed by atoms with Crippen LogP contribution in [-0.4, -0.2) is 9.78 Å². The molecule has 0 saturated heterocycles. The largest absolute Gasteiger partial charge is 0.383 e. The minimum absolute atomic E-state index is 0.499. The summed E-state index contributed by atoms with van der Waals surface area (Å²) in [5.74, 6) is 1.27. The lowest BCUT2D eigenvalue weighted by atomic mass is 9.90. The fraction of sp³-hybridized carbons (Fsp3) is 0.500. The van der Waals surface area contributed by atoms with Gasteiger partial charge < -0.3 is 5.73 Å². The minimum atomic E-state index is 0.499. The molecule has 2 aromatic rings. The van der Waals surface area contributed by atoms with Gasteiger partial charge in [0.25, 0.3) is 0 Å². The van der Waals surface area contributed by atoms with Crippen LogP contribution in [0.5, 0.6) is 0 Å². The van der Waals surface area contributed by atoms with E-state index in [1.165, 1.54) is 42.5 Å². The maximum Gasteiger partial charge on any atom is 0.129 e. The Kier molecular flexibility index (Phi) is 5.05. The third-order valence-corrected chi connectivity index (χ3v) is 4.09. The second-order valence-electron chi connectivity index (χ2n) is 5.91. The molecular weight excluding hydrogens is 258 g/mol. The molecule has 0 radical (unpaired) electrons. The lowest BCUT2D eigenvalue weighted by Crippen LogP contribution is -2.02. The van der Waals surface area contributed by atoms with Gasteiger partial charge >= 0.3 is 0 Å². The van der Waals surface area contributed by atoms with Gasteiger partial charge in [0.05, 0.1) is 5.69 Å². The number of aryl methyl sites for hydroxylation is 2. The van der Waals surface area contributed by atoms with Crippen molar-refractivity contribution in [1.82, 2.24) is 9.78 Å². The summed E-state index contributed by atoms with van der Waals surface area (Å²) in [6, 6.07) is 8.55. The van der Waals surface area contributed by atoms with Crippen LogP contribution in [0.2, 0.25) is 0 Å². The van der Waals surface area contributed by atoms with Gasteiger partial charge in [0.2, 0.25) is 0 Å². The van der Waals surface area contributed by atoms with Gasteiger partial charge in [0, 0.05) is 18.5 Å². The summed E-state index contributed by atoms with van der Waals surface area (Å²) in [7, 11) is 1.94. The molecule has 0 aliphatic heterocycles. The Morgan fingerprint density at radius 1 is 1.19 bits per heavy atom. The molecule has 0 bridgehead atoms. The van der Waals surface area contributed by atoms with Gasteiger partial charge in [-0.1, -0.05) is 56.5 Å². The second kappa shape index (κ2) is 6.79. The van der Waals surface area contributed by atoms with Crippen molar-refractivity contribution >= 4 is 5.82 Å². The summed E-state index contributed by atoms with van der Waals surface area (Å²) in [5.41, 5.74) is 11.1. The number of benzene rings is 1. The number of hydrogen-bond donors (Lipinski definition) is 1. The van der Waals surface area contributed by atoms with E-state index in [1.54, 1.807) is 0 Å². The number of rotatable bonds is 6. The summed E-state index contributed by atoms with van der Waals surface area (Å²) in [5, 5.41) is 4.75. The van der Waals surface area contributed by atoms with Gasteiger partial charge in [-0.15, -0.1) is 0 Å². The van der Waals surface area contributed by atoms with E-state index in [2.05, 4.69) is 45.0 Å². The van der Waals surface area contributed by atoms with Crippen molar-refractivity contribution in [3.05, 3.63) is 35.5 Å². The Hall–Kier alpha value is -1.77. The van der Waals surface area contributed by atoms with E-state index in [0.717, 1.165) is 11.4 Å². The SMILES string of the molecule is CCCC(CCC)c1nn(C)c(N)c1-c1cccc(C)c1. The highest BCUT2D eigenvalue weighted by atomic mass is 15.3. The van der Waals surface area contributed by atoms with Crippen molar-refractivity contribution < 1.29 is 0 Å². The second-order valence-corrected chi connectivity index (χ2v) is 5.91. The molecular formula is C18H27N3. The van der Waals surface area contributed by atoms with E-state index in [9.17, 15) is 0 Å². The van der Waals surface area contributed by atoms with Crippen LogP contribution in [0.3, 0.4) is 0 Å². The highest BCUT2D eigenvalue weighted by Crippen LogP contribution is 2.37. The fourth-order valence-corrected chi connectivity index (χ4v) is 3.06. The molecule has 0 fully saturated rings. The van der Waals surface area contributed by atoms with Gasteiger partial charge in [0.15, 0.2) is 0 Å². The number of aromatic nitrogens is 2. The maximum absolute atomic E-state index is 6.32. The predicted octanol–water partition coefficient (Wildman–Crippen LogP) is 4.66. The smallest absolute Gasteiger partial charge is 0.129 e. The molecule has 3 nitrogen and oxygen atoms in total. The quantitative estimate of drug-likeness (QED) is 0.838. The molecule has 1 heterocycles. The molecule has 114 valence electrons. The van der Waals surface area contributed by atoms with E-state index < -0.39 is 0 Å². The van der Waals surface area contributed by atoms with E-state index in [0.29, 0.717) is 5.92 Å². The molecule has 0 unspecified atom stereocenters. The lowest BCUT2D eigenvalue weighted by Gasteiger charge is -2.15. The van der Waals surface area contributed by atoms with Crippen molar-refractivity contribution in [2.75, 3.05) is 5.73 Å². The van der Waals surface area contributed by atoms with Crippen LogP contribution in [0.25, 0.3) is 11.1 Å². The first kappa shape index (κ1) is 15.6. The molecule has 2 N–H and O–H groups in total. The van der Waals surface area contributed by atoms with Crippen LogP contribution in [0.1, 0.15) is 56.7 Å². The molecule has 2 rings (SSSR count). The summed E-state index contributed by atoms with van der Waals surface area (Å²) < 4.78 is 1.82. The Bertz CT molecular complexity index is 593. The van der Waals surface area contributed by atoms with Gasteiger partial charge in [-0.3, -0.25) is 4.68 Å². The average molecular weight is 285 g/mol. The van der Waals surface area contributed by atoms with Crippen LogP contribution in [0.15, 0.2) is 24.3 Å². The number of anilines is 1. The monoisotopic (exact) mass is 285 g/mol. The molecule has 0 atom stereocenters. The highest BCUT2D eigenvalue weighted by molar-refractivity contribution is 5.77. The summed E-state index contributed by atoms with van der Waals surface area (Å²) in [4.78, 5) is 0. The fourth-order valence-electron chi connectivity index (χ4n) is 3.06. The Morgan fingerprint density at radius 3 is 2.43 bits per heavy atom. The van der Waals surface area contributed by atoms with Gasteiger partial charge in [-0.05, 0) is 25.3 Å². The molecule has 1 aromatic carbocycles. The molecule has 3 heteroatoms. The number of nitrogen functional groups attached to an aromatic ring is 1. The van der Waals surface area contributed by atoms with E-state index in [-0.39, 0.29) is 0 Å². The zero-order valence-electron chi connectivity index (χ0n) is 13.7. The van der Waals surface area contributed by atoms with Crippen LogP contribution in [-0.2, 0) is 7.05 Å². The topological polar surface area (TPSA) is 43.8 Å². The number of nitrogens with zero attached hydrogens (tertiary/aromatic N) is 2. The van der Waals surface area contributed by atoms with Crippen molar-refractivity contribution in [1.29, 1.82) is 0 Å². The molecule has 0 aliphatic rings.